The van der Waals surface area contributed by atoms with E-state index in [1.165, 1.54) is 11.1 Å². The summed E-state index contributed by atoms with van der Waals surface area (Å²) in [6.45, 7) is 9.00. The van der Waals surface area contributed by atoms with Crippen LogP contribution in [-0.2, 0) is 10.8 Å². The van der Waals surface area contributed by atoms with Crippen molar-refractivity contribution >= 4 is 0 Å². The molecular formula is C14H18. The zero-order chi connectivity index (χ0) is 10.4. The second-order valence-corrected chi connectivity index (χ2v) is 5.44. The van der Waals surface area contributed by atoms with Gasteiger partial charge in [0.05, 0.1) is 0 Å². The summed E-state index contributed by atoms with van der Waals surface area (Å²) in [5, 5.41) is 0. The van der Waals surface area contributed by atoms with Crippen molar-refractivity contribution in [1.29, 1.82) is 0 Å². The van der Waals surface area contributed by atoms with Crippen LogP contribution in [0.5, 0.6) is 0 Å². The Morgan fingerprint density at radius 1 is 0.929 bits per heavy atom. The summed E-state index contributed by atoms with van der Waals surface area (Å²) in [6.07, 6.45) is 4.50. The highest BCUT2D eigenvalue weighted by Gasteiger charge is 2.29. The van der Waals surface area contributed by atoms with E-state index in [0.29, 0.717) is 0 Å². The molecule has 14 heavy (non-hydrogen) atoms. The normalized spacial score (nSPS) is 18.3. The Labute approximate surface area is 86.7 Å². The lowest BCUT2D eigenvalue weighted by molar-refractivity contribution is 0.589. The molecule has 0 heterocycles. The molecular weight excluding hydrogens is 168 g/mol. The maximum atomic E-state index is 2.25. The Balaban J connectivity index is 2.27. The molecule has 0 radical (unpaired) electrons. The maximum Gasteiger partial charge on any atom is 0.0284 e. The van der Waals surface area contributed by atoms with Gasteiger partial charge in [0.1, 0.15) is 0 Å². The standard InChI is InChI=1S/C14H18/c1-13(2,3)11-5-7-12(8-6-11)14(4)9-10-14/h5-10H,1-4H3. The van der Waals surface area contributed by atoms with Crippen LogP contribution in [0.15, 0.2) is 36.4 Å². The minimum Gasteiger partial charge on any atom is -0.0733 e. The van der Waals surface area contributed by atoms with Crippen molar-refractivity contribution in [2.24, 2.45) is 0 Å². The van der Waals surface area contributed by atoms with E-state index in [4.69, 9.17) is 0 Å². The fourth-order valence-electron chi connectivity index (χ4n) is 1.65. The third-order valence-corrected chi connectivity index (χ3v) is 3.04. The van der Waals surface area contributed by atoms with Crippen LogP contribution in [0.4, 0.5) is 0 Å². The molecule has 0 saturated carbocycles. The van der Waals surface area contributed by atoms with Crippen molar-refractivity contribution in [3.8, 4) is 0 Å². The predicted molar refractivity (Wildman–Crippen MR) is 61.6 cm³/mol. The second-order valence-electron chi connectivity index (χ2n) is 5.44. The Morgan fingerprint density at radius 2 is 1.43 bits per heavy atom. The lowest BCUT2D eigenvalue weighted by Crippen LogP contribution is -2.11. The van der Waals surface area contributed by atoms with E-state index in [9.17, 15) is 0 Å². The average Bonchev–Trinajstić information content (AvgIpc) is 2.84. The zero-order valence-corrected chi connectivity index (χ0v) is 9.46. The quantitative estimate of drug-likeness (QED) is 0.585. The van der Waals surface area contributed by atoms with Gasteiger partial charge in [-0.1, -0.05) is 57.2 Å². The third kappa shape index (κ3) is 1.61. The lowest BCUT2D eigenvalue weighted by atomic mass is 9.85. The van der Waals surface area contributed by atoms with Gasteiger partial charge in [-0.15, -0.1) is 0 Å². The molecule has 0 heteroatoms. The maximum absolute atomic E-state index is 2.25. The molecule has 1 aromatic carbocycles. The third-order valence-electron chi connectivity index (χ3n) is 3.04. The Hall–Kier alpha value is -1.04. The molecule has 0 fully saturated rings. The Morgan fingerprint density at radius 3 is 1.79 bits per heavy atom. The molecule has 1 aliphatic carbocycles. The number of hydrogen-bond acceptors (Lipinski definition) is 0. The van der Waals surface area contributed by atoms with E-state index < -0.39 is 0 Å². The topological polar surface area (TPSA) is 0 Å². The number of hydrogen-bond donors (Lipinski definition) is 0. The van der Waals surface area contributed by atoms with Crippen LogP contribution in [-0.4, -0.2) is 0 Å². The summed E-state index contributed by atoms with van der Waals surface area (Å²) in [4.78, 5) is 0. The summed E-state index contributed by atoms with van der Waals surface area (Å²) in [5.74, 6) is 0. The fourth-order valence-corrected chi connectivity index (χ4v) is 1.65. The summed E-state index contributed by atoms with van der Waals surface area (Å²) < 4.78 is 0. The van der Waals surface area contributed by atoms with Gasteiger partial charge in [0.2, 0.25) is 0 Å². The molecule has 0 atom stereocenters. The highest BCUT2D eigenvalue weighted by Crippen LogP contribution is 2.38. The summed E-state index contributed by atoms with van der Waals surface area (Å²) >= 11 is 0. The first-order valence-electron chi connectivity index (χ1n) is 5.23. The van der Waals surface area contributed by atoms with Gasteiger partial charge in [-0.2, -0.15) is 0 Å². The van der Waals surface area contributed by atoms with Crippen LogP contribution in [0.3, 0.4) is 0 Å². The Bertz CT molecular complexity index is 330. The number of benzene rings is 1. The minimum absolute atomic E-state index is 0.260. The van der Waals surface area contributed by atoms with Crippen molar-refractivity contribution in [3.63, 3.8) is 0 Å². The van der Waals surface area contributed by atoms with Crippen molar-refractivity contribution in [1.82, 2.24) is 0 Å². The molecule has 2 rings (SSSR count). The highest BCUT2D eigenvalue weighted by molar-refractivity contribution is 5.46. The molecule has 1 aliphatic rings. The van der Waals surface area contributed by atoms with Crippen LogP contribution < -0.4 is 0 Å². The van der Waals surface area contributed by atoms with E-state index in [-0.39, 0.29) is 10.8 Å². The molecule has 0 bridgehead atoms. The minimum atomic E-state index is 0.260. The van der Waals surface area contributed by atoms with Gasteiger partial charge in [0.25, 0.3) is 0 Å². The first-order chi connectivity index (χ1) is 6.42. The van der Waals surface area contributed by atoms with Crippen LogP contribution in [0.2, 0.25) is 0 Å². The summed E-state index contributed by atoms with van der Waals surface area (Å²) in [7, 11) is 0. The number of allylic oxidation sites excluding steroid dienone is 2. The van der Waals surface area contributed by atoms with Gasteiger partial charge in [0, 0.05) is 5.41 Å². The second kappa shape index (κ2) is 2.73. The van der Waals surface area contributed by atoms with Gasteiger partial charge >= 0.3 is 0 Å². The van der Waals surface area contributed by atoms with Gasteiger partial charge in [-0.05, 0) is 23.5 Å². The average molecular weight is 186 g/mol. The summed E-state index contributed by atoms with van der Waals surface area (Å²) in [5.41, 5.74) is 3.34. The van der Waals surface area contributed by atoms with Crippen LogP contribution in [0.1, 0.15) is 38.8 Å². The van der Waals surface area contributed by atoms with E-state index in [2.05, 4.69) is 64.1 Å². The van der Waals surface area contributed by atoms with Gasteiger partial charge in [0.15, 0.2) is 0 Å². The first kappa shape index (κ1) is 9.51. The van der Waals surface area contributed by atoms with Gasteiger partial charge in [-0.3, -0.25) is 0 Å². The first-order valence-corrected chi connectivity index (χ1v) is 5.23. The monoisotopic (exact) mass is 186 g/mol. The molecule has 0 aromatic heterocycles. The SMILES string of the molecule is CC(C)(C)c1ccc(C2(C)C=C2)cc1. The molecule has 74 valence electrons. The zero-order valence-electron chi connectivity index (χ0n) is 9.46. The molecule has 0 saturated heterocycles. The van der Waals surface area contributed by atoms with Crippen molar-refractivity contribution in [2.45, 2.75) is 38.5 Å². The molecule has 0 spiro atoms. The van der Waals surface area contributed by atoms with Crippen molar-refractivity contribution < 1.29 is 0 Å². The summed E-state index contributed by atoms with van der Waals surface area (Å²) in [6, 6.07) is 9.00. The molecule has 0 amide bonds. The predicted octanol–water partition coefficient (Wildman–Crippen LogP) is 3.81. The molecule has 0 unspecified atom stereocenters. The van der Waals surface area contributed by atoms with Crippen molar-refractivity contribution in [2.75, 3.05) is 0 Å². The molecule has 0 N–H and O–H groups in total. The van der Waals surface area contributed by atoms with E-state index in [1.54, 1.807) is 0 Å². The van der Waals surface area contributed by atoms with E-state index in [0.717, 1.165) is 0 Å². The van der Waals surface area contributed by atoms with Crippen LogP contribution >= 0.6 is 0 Å². The molecule has 1 aromatic rings. The molecule has 0 aliphatic heterocycles. The van der Waals surface area contributed by atoms with Crippen LogP contribution in [0.25, 0.3) is 0 Å². The van der Waals surface area contributed by atoms with Gasteiger partial charge in [-0.25, -0.2) is 0 Å². The number of rotatable bonds is 1. The van der Waals surface area contributed by atoms with Gasteiger partial charge < -0.3 is 0 Å². The lowest BCUT2D eigenvalue weighted by Gasteiger charge is -2.20. The smallest absolute Gasteiger partial charge is 0.0284 e. The highest BCUT2D eigenvalue weighted by atomic mass is 14.3. The molecule has 0 nitrogen and oxygen atoms in total. The van der Waals surface area contributed by atoms with E-state index >= 15 is 0 Å². The largest absolute Gasteiger partial charge is 0.0733 e. The van der Waals surface area contributed by atoms with Crippen LogP contribution in [0, 0.1) is 0 Å². The Kier molecular flexibility index (Phi) is 1.85. The van der Waals surface area contributed by atoms with E-state index in [1.807, 2.05) is 0 Å². The fraction of sp³-hybridized carbons (Fsp3) is 0.429. The van der Waals surface area contributed by atoms with Crippen molar-refractivity contribution in [3.05, 3.63) is 47.5 Å².